The van der Waals surface area contributed by atoms with Gasteiger partial charge in [0.2, 0.25) is 0 Å². The van der Waals surface area contributed by atoms with Crippen molar-refractivity contribution in [3.05, 3.63) is 32.4 Å². The highest BCUT2D eigenvalue weighted by Crippen LogP contribution is 2.25. The average Bonchev–Trinajstić information content (AvgIpc) is 2.35. The summed E-state index contributed by atoms with van der Waals surface area (Å²) in [4.78, 5) is 12.6. The zero-order valence-corrected chi connectivity index (χ0v) is 14.3. The van der Waals surface area contributed by atoms with E-state index in [0.29, 0.717) is 15.4 Å². The Bertz CT molecular complexity index is 455. The second-order valence-electron chi connectivity index (χ2n) is 4.50. The molecule has 2 unspecified atom stereocenters. The van der Waals surface area contributed by atoms with Crippen LogP contribution in [0, 0.1) is 3.57 Å². The fraction of sp³-hybridized carbons (Fsp3) is 0.462. The van der Waals surface area contributed by atoms with E-state index in [0.717, 1.165) is 16.4 Å². The number of nitrogens with one attached hydrogen (secondary N) is 1. The first-order chi connectivity index (χ1) is 8.58. The lowest BCUT2D eigenvalue weighted by Crippen LogP contribution is -2.42. The Morgan fingerprint density at radius 1 is 1.39 bits per heavy atom. The van der Waals surface area contributed by atoms with Crippen molar-refractivity contribution in [1.29, 1.82) is 0 Å². The predicted octanol–water partition coefficient (Wildman–Crippen LogP) is 4.38. The molecular formula is C13H14BrClINO. The molecule has 18 heavy (non-hydrogen) atoms. The molecule has 0 heterocycles. The first kappa shape index (κ1) is 14.6. The van der Waals surface area contributed by atoms with Crippen LogP contribution >= 0.6 is 50.1 Å². The molecule has 5 heteroatoms. The van der Waals surface area contributed by atoms with Crippen LogP contribution < -0.4 is 5.32 Å². The van der Waals surface area contributed by atoms with Crippen molar-refractivity contribution in [2.75, 3.05) is 0 Å². The van der Waals surface area contributed by atoms with Crippen molar-refractivity contribution < 1.29 is 4.79 Å². The van der Waals surface area contributed by atoms with E-state index in [2.05, 4.69) is 43.8 Å². The van der Waals surface area contributed by atoms with Crippen LogP contribution in [0.15, 0.2) is 18.2 Å². The lowest BCUT2D eigenvalue weighted by atomic mass is 9.95. The largest absolute Gasteiger partial charge is 0.348 e. The van der Waals surface area contributed by atoms with Gasteiger partial charge in [0.25, 0.3) is 5.91 Å². The second kappa shape index (κ2) is 6.57. The van der Waals surface area contributed by atoms with Gasteiger partial charge in [-0.25, -0.2) is 0 Å². The number of carbonyl (C=O) groups is 1. The van der Waals surface area contributed by atoms with Gasteiger partial charge in [-0.2, -0.15) is 0 Å². The normalized spacial score (nSPS) is 23.7. The highest BCUT2D eigenvalue weighted by Gasteiger charge is 2.25. The minimum Gasteiger partial charge on any atom is -0.348 e. The maximum atomic E-state index is 12.2. The van der Waals surface area contributed by atoms with Gasteiger partial charge >= 0.3 is 0 Å². The topological polar surface area (TPSA) is 29.1 Å². The number of carbonyl (C=O) groups excluding carboxylic acids is 1. The zero-order valence-electron chi connectivity index (χ0n) is 9.76. The van der Waals surface area contributed by atoms with Crippen molar-refractivity contribution in [3.63, 3.8) is 0 Å². The summed E-state index contributed by atoms with van der Waals surface area (Å²) in [5.74, 6) is -0.0294. The molecule has 98 valence electrons. The summed E-state index contributed by atoms with van der Waals surface area (Å²) in [6.07, 6.45) is 4.58. The van der Waals surface area contributed by atoms with Crippen molar-refractivity contribution in [2.24, 2.45) is 0 Å². The maximum Gasteiger partial charge on any atom is 0.252 e. The van der Waals surface area contributed by atoms with Gasteiger partial charge < -0.3 is 5.32 Å². The lowest BCUT2D eigenvalue weighted by molar-refractivity contribution is 0.0929. The summed E-state index contributed by atoms with van der Waals surface area (Å²) < 4.78 is 0.927. The maximum absolute atomic E-state index is 12.2. The summed E-state index contributed by atoms with van der Waals surface area (Å²) >= 11 is 11.7. The Hall–Kier alpha value is 0.190. The van der Waals surface area contributed by atoms with E-state index in [-0.39, 0.29) is 11.9 Å². The van der Waals surface area contributed by atoms with Gasteiger partial charge in [0.15, 0.2) is 0 Å². The SMILES string of the molecule is O=C(NC1CCCCC1Br)c1cc(Cl)ccc1I. The summed E-state index contributed by atoms with van der Waals surface area (Å²) in [5, 5.41) is 3.70. The van der Waals surface area contributed by atoms with Crippen LogP contribution in [0.5, 0.6) is 0 Å². The number of amides is 1. The molecule has 1 aromatic rings. The Morgan fingerprint density at radius 3 is 2.83 bits per heavy atom. The van der Waals surface area contributed by atoms with Gasteiger partial charge in [0, 0.05) is 19.5 Å². The van der Waals surface area contributed by atoms with E-state index in [4.69, 9.17) is 11.6 Å². The number of rotatable bonds is 2. The third-order valence-electron chi connectivity index (χ3n) is 3.17. The number of hydrogen-bond donors (Lipinski definition) is 1. The molecule has 1 aliphatic carbocycles. The van der Waals surface area contributed by atoms with E-state index < -0.39 is 0 Å². The van der Waals surface area contributed by atoms with Crippen molar-refractivity contribution in [3.8, 4) is 0 Å². The van der Waals surface area contributed by atoms with Crippen molar-refractivity contribution in [1.82, 2.24) is 5.32 Å². The predicted molar refractivity (Wildman–Crippen MR) is 86.6 cm³/mol. The molecule has 0 aliphatic heterocycles. The van der Waals surface area contributed by atoms with E-state index >= 15 is 0 Å². The Kier molecular flexibility index (Phi) is 5.33. The average molecular weight is 443 g/mol. The molecule has 0 spiro atoms. The lowest BCUT2D eigenvalue weighted by Gasteiger charge is -2.28. The van der Waals surface area contributed by atoms with Crippen molar-refractivity contribution >= 4 is 56.0 Å². The quantitative estimate of drug-likeness (QED) is 0.535. The Labute approximate surface area is 134 Å². The number of halogens is 3. The number of alkyl halides is 1. The second-order valence-corrected chi connectivity index (χ2v) is 7.28. The molecule has 0 saturated heterocycles. The molecule has 1 N–H and O–H groups in total. The van der Waals surface area contributed by atoms with Crippen LogP contribution in [0.2, 0.25) is 5.02 Å². The molecule has 2 atom stereocenters. The molecule has 2 rings (SSSR count). The van der Waals surface area contributed by atoms with Gasteiger partial charge in [-0.1, -0.05) is 40.4 Å². The third kappa shape index (κ3) is 3.61. The molecule has 1 amide bonds. The Balaban J connectivity index is 2.09. The minimum absolute atomic E-state index is 0.0294. The van der Waals surface area contributed by atoms with Gasteiger partial charge in [0.1, 0.15) is 0 Å². The summed E-state index contributed by atoms with van der Waals surface area (Å²) in [6.45, 7) is 0. The van der Waals surface area contributed by atoms with Crippen LogP contribution in [-0.2, 0) is 0 Å². The van der Waals surface area contributed by atoms with E-state index in [1.807, 2.05) is 6.07 Å². The molecule has 0 aromatic heterocycles. The molecular weight excluding hydrogens is 428 g/mol. The first-order valence-electron chi connectivity index (χ1n) is 5.98. The summed E-state index contributed by atoms with van der Waals surface area (Å²) in [5.41, 5.74) is 0.661. The van der Waals surface area contributed by atoms with Crippen LogP contribution in [0.3, 0.4) is 0 Å². The summed E-state index contributed by atoms with van der Waals surface area (Å²) in [7, 11) is 0. The molecule has 0 radical (unpaired) electrons. The monoisotopic (exact) mass is 441 g/mol. The van der Waals surface area contributed by atoms with E-state index in [1.54, 1.807) is 12.1 Å². The minimum atomic E-state index is -0.0294. The molecule has 1 aromatic carbocycles. The number of benzene rings is 1. The highest BCUT2D eigenvalue weighted by atomic mass is 127. The van der Waals surface area contributed by atoms with E-state index in [9.17, 15) is 4.79 Å². The standard InChI is InChI=1S/C13H14BrClINO/c14-10-3-1-2-4-12(10)17-13(18)9-7-8(15)5-6-11(9)16/h5-7,10,12H,1-4H2,(H,17,18). The van der Waals surface area contributed by atoms with Crippen LogP contribution in [0.25, 0.3) is 0 Å². The van der Waals surface area contributed by atoms with Crippen LogP contribution in [-0.4, -0.2) is 16.8 Å². The highest BCUT2D eigenvalue weighted by molar-refractivity contribution is 14.1. The molecule has 2 nitrogen and oxygen atoms in total. The summed E-state index contributed by atoms with van der Waals surface area (Å²) in [6, 6.07) is 5.62. The van der Waals surface area contributed by atoms with Gasteiger partial charge in [0.05, 0.1) is 5.56 Å². The number of hydrogen-bond acceptors (Lipinski definition) is 1. The van der Waals surface area contributed by atoms with Gasteiger partial charge in [-0.15, -0.1) is 0 Å². The van der Waals surface area contributed by atoms with Crippen molar-refractivity contribution in [2.45, 2.75) is 36.6 Å². The van der Waals surface area contributed by atoms with Crippen LogP contribution in [0.4, 0.5) is 0 Å². The van der Waals surface area contributed by atoms with Gasteiger partial charge in [-0.3, -0.25) is 4.79 Å². The van der Waals surface area contributed by atoms with Crippen LogP contribution in [0.1, 0.15) is 36.0 Å². The fourth-order valence-corrected chi connectivity index (χ4v) is 3.64. The molecule has 0 bridgehead atoms. The molecule has 1 saturated carbocycles. The fourth-order valence-electron chi connectivity index (χ4n) is 2.17. The van der Waals surface area contributed by atoms with E-state index in [1.165, 1.54) is 12.8 Å². The molecule has 1 fully saturated rings. The Morgan fingerprint density at radius 2 is 2.11 bits per heavy atom. The first-order valence-corrected chi connectivity index (χ1v) is 8.35. The smallest absolute Gasteiger partial charge is 0.252 e. The zero-order chi connectivity index (χ0) is 13.1. The third-order valence-corrected chi connectivity index (χ3v) is 5.44. The van der Waals surface area contributed by atoms with Gasteiger partial charge in [-0.05, 0) is 53.6 Å². The molecule has 1 aliphatic rings.